The SMILES string of the molecule is O=C(Oc1ccc(C(=O)O)c(C(=O)O)c1)c1ccc(C(=O)O)c(C(=O)O)c1. The number of hydrogen-bond donors (Lipinski definition) is 4. The summed E-state index contributed by atoms with van der Waals surface area (Å²) in [7, 11) is 0. The zero-order valence-electron chi connectivity index (χ0n) is 13.2. The summed E-state index contributed by atoms with van der Waals surface area (Å²) < 4.78 is 4.93. The number of benzene rings is 2. The van der Waals surface area contributed by atoms with Crippen molar-refractivity contribution < 1.29 is 49.1 Å². The predicted molar refractivity (Wildman–Crippen MR) is 85.7 cm³/mol. The number of rotatable bonds is 6. The highest BCUT2D eigenvalue weighted by Gasteiger charge is 2.21. The summed E-state index contributed by atoms with van der Waals surface area (Å²) in [5.74, 6) is -7.48. The van der Waals surface area contributed by atoms with Gasteiger partial charge in [-0.2, -0.15) is 0 Å². The molecule has 2 aromatic carbocycles. The van der Waals surface area contributed by atoms with Crippen LogP contribution in [0.4, 0.5) is 0 Å². The van der Waals surface area contributed by atoms with E-state index in [4.69, 9.17) is 25.2 Å². The summed E-state index contributed by atoms with van der Waals surface area (Å²) in [5, 5.41) is 36.0. The van der Waals surface area contributed by atoms with E-state index in [1.54, 1.807) is 0 Å². The predicted octanol–water partition coefficient (Wildman–Crippen LogP) is 1.70. The first kappa shape index (κ1) is 19.1. The Bertz CT molecular complexity index is 989. The van der Waals surface area contributed by atoms with Gasteiger partial charge in [0.25, 0.3) is 0 Å². The minimum atomic E-state index is -1.57. The Kier molecular flexibility index (Phi) is 5.21. The van der Waals surface area contributed by atoms with Gasteiger partial charge >= 0.3 is 29.8 Å². The van der Waals surface area contributed by atoms with Gasteiger partial charge in [0.2, 0.25) is 0 Å². The molecule has 0 amide bonds. The molecule has 0 fully saturated rings. The van der Waals surface area contributed by atoms with Gasteiger partial charge in [-0.1, -0.05) is 0 Å². The van der Waals surface area contributed by atoms with Crippen molar-refractivity contribution in [2.75, 3.05) is 0 Å². The van der Waals surface area contributed by atoms with Gasteiger partial charge in [0.15, 0.2) is 0 Å². The second kappa shape index (κ2) is 7.35. The molecule has 10 nitrogen and oxygen atoms in total. The molecule has 0 aliphatic heterocycles. The number of carboxylic acids is 4. The Hall–Kier alpha value is -4.21. The number of esters is 1. The van der Waals surface area contributed by atoms with Crippen molar-refractivity contribution in [1.29, 1.82) is 0 Å². The molecule has 0 saturated heterocycles. The fraction of sp³-hybridized carbons (Fsp3) is 0. The second-order valence-electron chi connectivity index (χ2n) is 5.08. The Morgan fingerprint density at radius 2 is 1.04 bits per heavy atom. The maximum atomic E-state index is 12.1. The summed E-state index contributed by atoms with van der Waals surface area (Å²) in [5.41, 5.74) is -2.58. The van der Waals surface area contributed by atoms with Crippen LogP contribution in [0.15, 0.2) is 36.4 Å². The van der Waals surface area contributed by atoms with E-state index in [0.29, 0.717) is 0 Å². The fourth-order valence-corrected chi connectivity index (χ4v) is 2.15. The second-order valence-corrected chi connectivity index (χ2v) is 5.08. The van der Waals surface area contributed by atoms with E-state index in [9.17, 15) is 24.0 Å². The van der Waals surface area contributed by atoms with Gasteiger partial charge in [-0.3, -0.25) is 0 Å². The summed E-state index contributed by atoms with van der Waals surface area (Å²) in [6.45, 7) is 0. The largest absolute Gasteiger partial charge is 0.478 e. The van der Waals surface area contributed by atoms with E-state index in [0.717, 1.165) is 36.4 Å². The van der Waals surface area contributed by atoms with E-state index in [2.05, 4.69) is 0 Å². The highest BCUT2D eigenvalue weighted by molar-refractivity contribution is 6.04. The van der Waals surface area contributed by atoms with E-state index >= 15 is 0 Å². The lowest BCUT2D eigenvalue weighted by Gasteiger charge is -2.08. The highest BCUT2D eigenvalue weighted by Crippen LogP contribution is 2.21. The van der Waals surface area contributed by atoms with Crippen molar-refractivity contribution in [3.63, 3.8) is 0 Å². The minimum absolute atomic E-state index is 0.290. The molecule has 0 bridgehead atoms. The van der Waals surface area contributed by atoms with E-state index in [1.807, 2.05) is 0 Å². The third-order valence-corrected chi connectivity index (χ3v) is 3.38. The lowest BCUT2D eigenvalue weighted by Crippen LogP contribution is -2.14. The van der Waals surface area contributed by atoms with Crippen LogP contribution in [0.1, 0.15) is 51.8 Å². The maximum absolute atomic E-state index is 12.1. The fourth-order valence-electron chi connectivity index (χ4n) is 2.15. The number of hydrogen-bond acceptors (Lipinski definition) is 6. The smallest absolute Gasteiger partial charge is 0.343 e. The van der Waals surface area contributed by atoms with Crippen molar-refractivity contribution in [3.8, 4) is 5.75 Å². The zero-order valence-corrected chi connectivity index (χ0v) is 13.2. The van der Waals surface area contributed by atoms with Crippen LogP contribution < -0.4 is 4.74 Å². The standard InChI is InChI=1S/C17H10O10/c18-13(19)9-3-1-7(5-11(9)15(22)23)17(26)27-8-2-4-10(14(20)21)12(6-8)16(24)25/h1-6H,(H,18,19)(H,20,21)(H,22,23)(H,24,25). The molecule has 2 aromatic rings. The molecule has 0 aliphatic rings. The molecule has 0 atom stereocenters. The van der Waals surface area contributed by atoms with Crippen LogP contribution in [0.25, 0.3) is 0 Å². The van der Waals surface area contributed by atoms with Crippen molar-refractivity contribution in [2.45, 2.75) is 0 Å². The summed E-state index contributed by atoms with van der Waals surface area (Å²) >= 11 is 0. The normalized spacial score (nSPS) is 10.1. The summed E-state index contributed by atoms with van der Waals surface area (Å²) in [4.78, 5) is 56.4. The quantitative estimate of drug-likeness (QED) is 0.430. The summed E-state index contributed by atoms with van der Waals surface area (Å²) in [6.07, 6.45) is 0. The van der Waals surface area contributed by atoms with Gasteiger partial charge in [-0.25, -0.2) is 24.0 Å². The molecule has 0 radical (unpaired) electrons. The number of carbonyl (C=O) groups is 5. The Morgan fingerprint density at radius 3 is 1.52 bits per heavy atom. The van der Waals surface area contributed by atoms with Gasteiger partial charge in [0, 0.05) is 0 Å². The monoisotopic (exact) mass is 374 g/mol. The Labute approximate surface area is 149 Å². The Balaban J connectivity index is 2.38. The number of aromatic carboxylic acids is 4. The van der Waals surface area contributed by atoms with Crippen molar-refractivity contribution in [1.82, 2.24) is 0 Å². The minimum Gasteiger partial charge on any atom is -0.478 e. The van der Waals surface area contributed by atoms with Crippen molar-refractivity contribution in [3.05, 3.63) is 64.2 Å². The van der Waals surface area contributed by atoms with E-state index in [-0.39, 0.29) is 11.3 Å². The summed E-state index contributed by atoms with van der Waals surface area (Å²) in [6, 6.07) is 5.56. The third kappa shape index (κ3) is 4.07. The van der Waals surface area contributed by atoms with Gasteiger partial charge in [-0.05, 0) is 36.4 Å². The first-order valence-corrected chi connectivity index (χ1v) is 7.05. The molecule has 0 unspecified atom stereocenters. The van der Waals surface area contributed by atoms with Crippen LogP contribution >= 0.6 is 0 Å². The lowest BCUT2D eigenvalue weighted by atomic mass is 10.0. The van der Waals surface area contributed by atoms with E-state index in [1.165, 1.54) is 0 Å². The first-order chi connectivity index (χ1) is 12.6. The van der Waals surface area contributed by atoms with Crippen LogP contribution in [0.2, 0.25) is 0 Å². The molecule has 27 heavy (non-hydrogen) atoms. The number of carboxylic acid groups (broad SMARTS) is 4. The van der Waals surface area contributed by atoms with Crippen LogP contribution in [0, 0.1) is 0 Å². The van der Waals surface area contributed by atoms with Gasteiger partial charge in [0.1, 0.15) is 5.75 Å². The molecular formula is C17H10O10. The Morgan fingerprint density at radius 1 is 0.593 bits per heavy atom. The van der Waals surface area contributed by atoms with Crippen LogP contribution in [0.3, 0.4) is 0 Å². The van der Waals surface area contributed by atoms with E-state index < -0.39 is 52.1 Å². The lowest BCUT2D eigenvalue weighted by molar-refractivity contribution is 0.0648. The molecule has 0 heterocycles. The molecule has 138 valence electrons. The van der Waals surface area contributed by atoms with Gasteiger partial charge in [-0.15, -0.1) is 0 Å². The maximum Gasteiger partial charge on any atom is 0.343 e. The first-order valence-electron chi connectivity index (χ1n) is 7.05. The molecule has 4 N–H and O–H groups in total. The van der Waals surface area contributed by atoms with Crippen molar-refractivity contribution >= 4 is 29.8 Å². The average molecular weight is 374 g/mol. The molecule has 2 rings (SSSR count). The molecule has 0 aromatic heterocycles. The topological polar surface area (TPSA) is 176 Å². The molecule has 0 aliphatic carbocycles. The van der Waals surface area contributed by atoms with Crippen LogP contribution in [0.5, 0.6) is 5.75 Å². The molecular weight excluding hydrogens is 364 g/mol. The molecule has 0 spiro atoms. The third-order valence-electron chi connectivity index (χ3n) is 3.38. The highest BCUT2D eigenvalue weighted by atomic mass is 16.5. The van der Waals surface area contributed by atoms with Crippen LogP contribution in [-0.4, -0.2) is 50.3 Å². The van der Waals surface area contributed by atoms with Gasteiger partial charge in [0.05, 0.1) is 27.8 Å². The molecule has 10 heteroatoms. The zero-order chi connectivity index (χ0) is 20.3. The van der Waals surface area contributed by atoms with Crippen molar-refractivity contribution in [2.24, 2.45) is 0 Å². The average Bonchev–Trinajstić information content (AvgIpc) is 2.60. The number of ether oxygens (including phenoxy) is 1. The van der Waals surface area contributed by atoms with Gasteiger partial charge < -0.3 is 25.2 Å². The van der Waals surface area contributed by atoms with Crippen LogP contribution in [-0.2, 0) is 0 Å². The number of carbonyl (C=O) groups excluding carboxylic acids is 1. The molecule has 0 saturated carbocycles.